The van der Waals surface area contributed by atoms with E-state index in [9.17, 15) is 19.8 Å². The molecule has 0 bridgehead atoms. The number of aliphatic hydroxyl groups excluding tert-OH is 1. The normalized spacial score (nSPS) is 18.1. The Kier molecular flexibility index (Phi) is 8.66. The number of carbonyl (C=O) groups is 2. The number of hydrogen-bond donors (Lipinski definition) is 5. The highest BCUT2D eigenvalue weighted by Crippen LogP contribution is 2.26. The molecule has 0 radical (unpaired) electrons. The van der Waals surface area contributed by atoms with Crippen LogP contribution in [0.25, 0.3) is 22.3 Å². The molecule has 1 aliphatic rings. The number of carboxylic acids is 1. The van der Waals surface area contributed by atoms with E-state index < -0.39 is 24.2 Å². The summed E-state index contributed by atoms with van der Waals surface area (Å²) in [6.45, 7) is 0. The minimum absolute atomic E-state index is 0.0471. The van der Waals surface area contributed by atoms with Gasteiger partial charge in [0.05, 0.1) is 0 Å². The highest BCUT2D eigenvalue weighted by Gasteiger charge is 2.32. The predicted octanol–water partition coefficient (Wildman–Crippen LogP) is 4.49. The molecule has 1 heterocycles. The Bertz CT molecular complexity index is 1410. The zero-order chi connectivity index (χ0) is 27.9. The van der Waals surface area contributed by atoms with E-state index in [4.69, 9.17) is 0 Å². The molecule has 5 N–H and O–H groups in total. The van der Waals surface area contributed by atoms with E-state index in [2.05, 4.69) is 52.6 Å². The molecule has 0 spiro atoms. The molecule has 7 nitrogen and oxygen atoms in total. The van der Waals surface area contributed by atoms with Crippen LogP contribution in [0.4, 0.5) is 0 Å². The first-order valence-corrected chi connectivity index (χ1v) is 13.5. The lowest BCUT2D eigenvalue weighted by Crippen LogP contribution is -2.48. The van der Waals surface area contributed by atoms with Gasteiger partial charge in [-0.1, -0.05) is 109 Å². The van der Waals surface area contributed by atoms with Crippen molar-refractivity contribution in [3.8, 4) is 22.3 Å². The number of carbonyl (C=O) groups excluding carboxylic acids is 1. The number of hydrazine groups is 1. The fourth-order valence-electron chi connectivity index (χ4n) is 5.10. The lowest BCUT2D eigenvalue weighted by atomic mass is 9.96. The molecule has 4 aromatic carbocycles. The van der Waals surface area contributed by atoms with Gasteiger partial charge in [0.2, 0.25) is 5.91 Å². The Balaban J connectivity index is 1.22. The molecule has 40 heavy (non-hydrogen) atoms. The maximum absolute atomic E-state index is 13.2. The number of carboxylic acid groups (broad SMARTS) is 1. The molecule has 3 unspecified atom stereocenters. The van der Waals surface area contributed by atoms with Crippen molar-refractivity contribution >= 4 is 11.9 Å². The molecule has 4 aromatic rings. The monoisotopic (exact) mass is 535 g/mol. The molecular formula is C33H33N3O4. The molecule has 1 fully saturated rings. The second-order valence-corrected chi connectivity index (χ2v) is 10.2. The topological polar surface area (TPSA) is 111 Å². The zero-order valence-electron chi connectivity index (χ0n) is 22.0. The number of aliphatic carboxylic acids is 1. The van der Waals surface area contributed by atoms with E-state index in [1.165, 1.54) is 0 Å². The summed E-state index contributed by atoms with van der Waals surface area (Å²) in [7, 11) is 0. The third-order valence-corrected chi connectivity index (χ3v) is 7.32. The van der Waals surface area contributed by atoms with Gasteiger partial charge in [0.25, 0.3) is 0 Å². The van der Waals surface area contributed by atoms with E-state index in [0.29, 0.717) is 12.8 Å². The predicted molar refractivity (Wildman–Crippen MR) is 155 cm³/mol. The van der Waals surface area contributed by atoms with Gasteiger partial charge in [-0.2, -0.15) is 0 Å². The third-order valence-electron chi connectivity index (χ3n) is 7.32. The number of benzene rings is 4. The molecule has 1 amide bonds. The van der Waals surface area contributed by atoms with Gasteiger partial charge in [0.1, 0.15) is 6.04 Å². The molecule has 204 valence electrons. The SMILES string of the molecule is O=C(NC(Cc1ccc(-c2ccccc2)cc1)C[C@@H](O)C(=O)O)C1CC(c2ccc(-c3ccccc3)cc2)NN1. The minimum Gasteiger partial charge on any atom is -0.479 e. The molecule has 1 saturated heterocycles. The van der Waals surface area contributed by atoms with Crippen molar-refractivity contribution in [2.75, 3.05) is 0 Å². The van der Waals surface area contributed by atoms with Crippen molar-refractivity contribution < 1.29 is 19.8 Å². The first-order chi connectivity index (χ1) is 19.5. The number of rotatable bonds is 10. The maximum Gasteiger partial charge on any atom is 0.332 e. The minimum atomic E-state index is -1.57. The number of amides is 1. The van der Waals surface area contributed by atoms with Crippen LogP contribution in [0.15, 0.2) is 109 Å². The number of nitrogens with one attached hydrogen (secondary N) is 3. The van der Waals surface area contributed by atoms with Gasteiger partial charge in [-0.3, -0.25) is 4.79 Å². The Morgan fingerprint density at radius 3 is 1.82 bits per heavy atom. The highest BCUT2D eigenvalue weighted by molar-refractivity contribution is 5.82. The number of hydrogen-bond acceptors (Lipinski definition) is 5. The summed E-state index contributed by atoms with van der Waals surface area (Å²) in [6.07, 6.45) is -0.725. The number of aliphatic hydroxyl groups is 1. The molecular weight excluding hydrogens is 502 g/mol. The second kappa shape index (κ2) is 12.7. The Hall–Kier alpha value is -4.30. The van der Waals surface area contributed by atoms with E-state index in [-0.39, 0.29) is 18.4 Å². The third kappa shape index (κ3) is 6.82. The largest absolute Gasteiger partial charge is 0.479 e. The van der Waals surface area contributed by atoms with Crippen LogP contribution in [0.5, 0.6) is 0 Å². The fraction of sp³-hybridized carbons (Fsp3) is 0.212. The van der Waals surface area contributed by atoms with Crippen molar-refractivity contribution in [1.29, 1.82) is 0 Å². The van der Waals surface area contributed by atoms with Crippen molar-refractivity contribution in [2.24, 2.45) is 0 Å². The molecule has 7 heteroatoms. The Labute approximate surface area is 233 Å². The zero-order valence-corrected chi connectivity index (χ0v) is 22.0. The van der Waals surface area contributed by atoms with Gasteiger partial charge >= 0.3 is 5.97 Å². The standard InChI is InChI=1S/C33H33N3O4/c37-31(33(39)40)20-28(19-22-11-13-25(14-12-22)23-7-3-1-4-8-23)34-32(38)30-21-29(35-36-30)27-17-15-26(16-18-27)24-9-5-2-6-10-24/h1-18,28-31,35-37H,19-21H2,(H,34,38)(H,39,40)/t28?,29?,30?,31-/m1/s1. The lowest BCUT2D eigenvalue weighted by Gasteiger charge is -2.22. The highest BCUT2D eigenvalue weighted by atomic mass is 16.4. The molecule has 0 aromatic heterocycles. The average Bonchev–Trinajstić information content (AvgIpc) is 3.49. The van der Waals surface area contributed by atoms with Gasteiger partial charge in [-0.15, -0.1) is 0 Å². The van der Waals surface area contributed by atoms with Crippen LogP contribution in [-0.2, 0) is 16.0 Å². The van der Waals surface area contributed by atoms with Gasteiger partial charge in [0, 0.05) is 18.5 Å². The van der Waals surface area contributed by atoms with E-state index in [1.54, 1.807) is 0 Å². The van der Waals surface area contributed by atoms with E-state index >= 15 is 0 Å². The lowest BCUT2D eigenvalue weighted by molar-refractivity contribution is -0.147. The van der Waals surface area contributed by atoms with Crippen LogP contribution < -0.4 is 16.2 Å². The van der Waals surface area contributed by atoms with Crippen LogP contribution in [0.1, 0.15) is 30.0 Å². The fourth-order valence-corrected chi connectivity index (χ4v) is 5.10. The smallest absolute Gasteiger partial charge is 0.332 e. The second-order valence-electron chi connectivity index (χ2n) is 10.2. The van der Waals surface area contributed by atoms with Crippen LogP contribution in [-0.4, -0.2) is 40.3 Å². The summed E-state index contributed by atoms with van der Waals surface area (Å²) < 4.78 is 0. The molecule has 0 saturated carbocycles. The summed E-state index contributed by atoms with van der Waals surface area (Å²) in [5.41, 5.74) is 12.7. The Morgan fingerprint density at radius 1 is 0.750 bits per heavy atom. The first-order valence-electron chi connectivity index (χ1n) is 13.5. The van der Waals surface area contributed by atoms with Crippen molar-refractivity contribution in [2.45, 2.75) is 43.5 Å². The average molecular weight is 536 g/mol. The summed E-state index contributed by atoms with van der Waals surface area (Å²) in [5, 5.41) is 22.3. The molecule has 1 aliphatic heterocycles. The van der Waals surface area contributed by atoms with E-state index in [0.717, 1.165) is 33.4 Å². The summed E-state index contributed by atoms with van der Waals surface area (Å²) in [4.78, 5) is 24.6. The summed E-state index contributed by atoms with van der Waals surface area (Å²) in [5.74, 6) is -1.54. The molecule has 5 rings (SSSR count). The van der Waals surface area contributed by atoms with Crippen LogP contribution in [0, 0.1) is 0 Å². The van der Waals surface area contributed by atoms with Crippen LogP contribution in [0.3, 0.4) is 0 Å². The van der Waals surface area contributed by atoms with Crippen LogP contribution in [0.2, 0.25) is 0 Å². The van der Waals surface area contributed by atoms with Crippen molar-refractivity contribution in [3.63, 3.8) is 0 Å². The van der Waals surface area contributed by atoms with E-state index in [1.807, 2.05) is 72.8 Å². The van der Waals surface area contributed by atoms with Gasteiger partial charge in [-0.25, -0.2) is 15.6 Å². The summed E-state index contributed by atoms with van der Waals surface area (Å²) in [6, 6.07) is 35.3. The maximum atomic E-state index is 13.2. The van der Waals surface area contributed by atoms with Gasteiger partial charge in [-0.05, 0) is 46.2 Å². The van der Waals surface area contributed by atoms with Crippen molar-refractivity contribution in [3.05, 3.63) is 120 Å². The van der Waals surface area contributed by atoms with Crippen LogP contribution >= 0.6 is 0 Å². The first kappa shape index (κ1) is 27.3. The molecule has 4 atom stereocenters. The van der Waals surface area contributed by atoms with Gasteiger partial charge < -0.3 is 15.5 Å². The molecule has 0 aliphatic carbocycles. The quantitative estimate of drug-likeness (QED) is 0.205. The van der Waals surface area contributed by atoms with Gasteiger partial charge in [0.15, 0.2) is 6.10 Å². The Morgan fingerprint density at radius 2 is 1.27 bits per heavy atom. The summed E-state index contributed by atoms with van der Waals surface area (Å²) >= 11 is 0. The van der Waals surface area contributed by atoms with Crippen molar-refractivity contribution in [1.82, 2.24) is 16.2 Å².